The average molecular weight is 279 g/mol. The quantitative estimate of drug-likeness (QED) is 0.822. The predicted molar refractivity (Wildman–Crippen MR) is 70.5 cm³/mol. The molecule has 1 aromatic heterocycles. The van der Waals surface area contributed by atoms with Crippen molar-refractivity contribution >= 4 is 11.9 Å². The van der Waals surface area contributed by atoms with Crippen LogP contribution >= 0.6 is 0 Å². The van der Waals surface area contributed by atoms with Gasteiger partial charge in [-0.3, -0.25) is 9.59 Å². The topological polar surface area (TPSA) is 103 Å². The van der Waals surface area contributed by atoms with Crippen LogP contribution in [0.2, 0.25) is 0 Å². The van der Waals surface area contributed by atoms with Crippen LogP contribution in [-0.4, -0.2) is 43.9 Å². The highest BCUT2D eigenvalue weighted by Crippen LogP contribution is 2.29. The lowest BCUT2D eigenvalue weighted by Gasteiger charge is -2.41. The zero-order valence-electron chi connectivity index (χ0n) is 11.5. The third-order valence-electron chi connectivity index (χ3n) is 3.75. The lowest BCUT2D eigenvalue weighted by molar-refractivity contribution is -0.150. The highest BCUT2D eigenvalue weighted by molar-refractivity contribution is 5.97. The van der Waals surface area contributed by atoms with E-state index in [1.165, 1.54) is 18.0 Å². The van der Waals surface area contributed by atoms with E-state index in [1.807, 2.05) is 0 Å². The molecule has 1 atom stereocenters. The summed E-state index contributed by atoms with van der Waals surface area (Å²) in [6.07, 6.45) is 3.06. The van der Waals surface area contributed by atoms with Crippen molar-refractivity contribution in [2.24, 2.45) is 0 Å². The van der Waals surface area contributed by atoms with Gasteiger partial charge in [0.25, 0.3) is 11.5 Å². The van der Waals surface area contributed by atoms with E-state index in [-0.39, 0.29) is 5.56 Å². The van der Waals surface area contributed by atoms with Gasteiger partial charge in [0.1, 0.15) is 16.9 Å². The summed E-state index contributed by atoms with van der Waals surface area (Å²) in [4.78, 5) is 43.4. The van der Waals surface area contributed by atoms with Crippen LogP contribution < -0.4 is 5.56 Å². The number of H-pyrrole nitrogens is 1. The molecular formula is C13H17N3O4. The second-order valence-electron chi connectivity index (χ2n) is 5.20. The van der Waals surface area contributed by atoms with Crippen LogP contribution in [0.15, 0.2) is 11.0 Å². The molecule has 1 fully saturated rings. The molecule has 2 N–H and O–H groups in total. The van der Waals surface area contributed by atoms with Crippen molar-refractivity contribution in [1.82, 2.24) is 14.9 Å². The predicted octanol–water partition coefficient (Wildman–Crippen LogP) is 0.548. The first-order valence-corrected chi connectivity index (χ1v) is 6.47. The number of rotatable bonds is 2. The van der Waals surface area contributed by atoms with E-state index >= 15 is 0 Å². The molecule has 1 amide bonds. The first-order chi connectivity index (χ1) is 9.36. The van der Waals surface area contributed by atoms with Gasteiger partial charge in [0.05, 0.1) is 0 Å². The largest absolute Gasteiger partial charge is 0.480 e. The summed E-state index contributed by atoms with van der Waals surface area (Å²) < 4.78 is 0. The minimum Gasteiger partial charge on any atom is -0.480 e. The summed E-state index contributed by atoms with van der Waals surface area (Å²) in [5.74, 6) is -1.23. The van der Waals surface area contributed by atoms with Crippen LogP contribution in [0.4, 0.5) is 0 Å². The summed E-state index contributed by atoms with van der Waals surface area (Å²) in [5.41, 5.74) is -1.93. The van der Waals surface area contributed by atoms with E-state index in [2.05, 4.69) is 9.97 Å². The van der Waals surface area contributed by atoms with Crippen molar-refractivity contribution in [1.29, 1.82) is 0 Å². The molecule has 0 saturated carbocycles. The number of aliphatic carboxylic acids is 1. The summed E-state index contributed by atoms with van der Waals surface area (Å²) in [5, 5.41) is 9.38. The van der Waals surface area contributed by atoms with Crippen LogP contribution in [0.5, 0.6) is 0 Å². The Hall–Kier alpha value is -2.18. The molecule has 2 rings (SSSR count). The molecule has 1 aliphatic rings. The molecule has 0 radical (unpaired) electrons. The number of piperidine rings is 1. The highest BCUT2D eigenvalue weighted by atomic mass is 16.4. The van der Waals surface area contributed by atoms with Gasteiger partial charge in [-0.25, -0.2) is 9.78 Å². The number of carbonyl (C=O) groups is 2. The number of carboxylic acids is 1. The number of aryl methyl sites for hydroxylation is 1. The lowest BCUT2D eigenvalue weighted by atomic mass is 9.88. The van der Waals surface area contributed by atoms with Crippen molar-refractivity contribution in [3.63, 3.8) is 0 Å². The Kier molecular flexibility index (Phi) is 3.61. The second-order valence-corrected chi connectivity index (χ2v) is 5.20. The van der Waals surface area contributed by atoms with E-state index in [0.29, 0.717) is 18.8 Å². The Morgan fingerprint density at radius 1 is 1.45 bits per heavy atom. The molecule has 20 heavy (non-hydrogen) atoms. The number of nitrogens with one attached hydrogen (secondary N) is 1. The molecule has 0 aromatic carbocycles. The Morgan fingerprint density at radius 3 is 2.75 bits per heavy atom. The zero-order chi connectivity index (χ0) is 14.9. The molecule has 0 bridgehead atoms. The number of hydrogen-bond donors (Lipinski definition) is 2. The van der Waals surface area contributed by atoms with Crippen molar-refractivity contribution < 1.29 is 14.7 Å². The number of carbonyl (C=O) groups excluding carboxylic acids is 1. The van der Waals surface area contributed by atoms with E-state index < -0.39 is 23.0 Å². The van der Waals surface area contributed by atoms with Gasteiger partial charge in [0, 0.05) is 12.7 Å². The monoisotopic (exact) mass is 279 g/mol. The van der Waals surface area contributed by atoms with Gasteiger partial charge in [0.2, 0.25) is 0 Å². The van der Waals surface area contributed by atoms with Gasteiger partial charge in [-0.2, -0.15) is 0 Å². The smallest absolute Gasteiger partial charge is 0.329 e. The summed E-state index contributed by atoms with van der Waals surface area (Å²) in [6, 6.07) is 0. The van der Waals surface area contributed by atoms with Gasteiger partial charge in [-0.15, -0.1) is 0 Å². The maximum Gasteiger partial charge on any atom is 0.329 e. The van der Waals surface area contributed by atoms with E-state index in [0.717, 1.165) is 12.8 Å². The number of aromatic nitrogens is 2. The van der Waals surface area contributed by atoms with E-state index in [9.17, 15) is 19.5 Å². The fourth-order valence-corrected chi connectivity index (χ4v) is 2.45. The number of likely N-dealkylation sites (tertiary alicyclic amines) is 1. The molecular weight excluding hydrogens is 262 g/mol. The Labute approximate surface area is 115 Å². The van der Waals surface area contributed by atoms with E-state index in [1.54, 1.807) is 6.92 Å². The standard InChI is InChI=1S/C13H17N3O4/c1-8-14-7-9(10(17)15-8)11(18)16-6-4-3-5-13(16,2)12(19)20/h7H,3-6H2,1-2H3,(H,19,20)(H,14,15,17). The molecule has 2 heterocycles. The molecule has 1 saturated heterocycles. The molecule has 1 aromatic rings. The van der Waals surface area contributed by atoms with E-state index in [4.69, 9.17) is 0 Å². The fraction of sp³-hybridized carbons (Fsp3) is 0.538. The summed E-state index contributed by atoms with van der Waals surface area (Å²) >= 11 is 0. The maximum atomic E-state index is 12.5. The number of nitrogens with zero attached hydrogens (tertiary/aromatic N) is 2. The third kappa shape index (κ3) is 2.31. The van der Waals surface area contributed by atoms with Crippen molar-refractivity contribution in [3.05, 3.63) is 27.9 Å². The summed E-state index contributed by atoms with van der Waals surface area (Å²) in [7, 11) is 0. The van der Waals surface area contributed by atoms with Crippen LogP contribution in [0.25, 0.3) is 0 Å². The Morgan fingerprint density at radius 2 is 2.15 bits per heavy atom. The average Bonchev–Trinajstić information content (AvgIpc) is 2.38. The third-order valence-corrected chi connectivity index (χ3v) is 3.75. The van der Waals surface area contributed by atoms with Crippen LogP contribution in [0.3, 0.4) is 0 Å². The Bertz CT molecular complexity index is 610. The van der Waals surface area contributed by atoms with Gasteiger partial charge >= 0.3 is 5.97 Å². The van der Waals surface area contributed by atoms with Crippen molar-refractivity contribution in [2.75, 3.05) is 6.54 Å². The zero-order valence-corrected chi connectivity index (χ0v) is 11.5. The van der Waals surface area contributed by atoms with Crippen LogP contribution in [0, 0.1) is 6.92 Å². The number of hydrogen-bond acceptors (Lipinski definition) is 4. The molecule has 7 nitrogen and oxygen atoms in total. The normalized spacial score (nSPS) is 22.6. The molecule has 0 aliphatic carbocycles. The Balaban J connectivity index is 2.40. The second kappa shape index (κ2) is 5.07. The molecule has 0 spiro atoms. The maximum absolute atomic E-state index is 12.5. The minimum atomic E-state index is -1.27. The van der Waals surface area contributed by atoms with Gasteiger partial charge < -0.3 is 15.0 Å². The van der Waals surface area contributed by atoms with Crippen LogP contribution in [-0.2, 0) is 4.79 Å². The fourth-order valence-electron chi connectivity index (χ4n) is 2.45. The summed E-state index contributed by atoms with van der Waals surface area (Å²) in [6.45, 7) is 3.45. The van der Waals surface area contributed by atoms with Gasteiger partial charge in [0.15, 0.2) is 0 Å². The lowest BCUT2D eigenvalue weighted by Crippen LogP contribution is -2.58. The van der Waals surface area contributed by atoms with Crippen molar-refractivity contribution in [2.45, 2.75) is 38.6 Å². The first kappa shape index (κ1) is 14.2. The number of carboxylic acid groups (broad SMARTS) is 1. The molecule has 1 aliphatic heterocycles. The molecule has 108 valence electrons. The molecule has 7 heteroatoms. The van der Waals surface area contributed by atoms with Crippen molar-refractivity contribution in [3.8, 4) is 0 Å². The molecule has 1 unspecified atom stereocenters. The van der Waals surface area contributed by atoms with Gasteiger partial charge in [-0.05, 0) is 33.1 Å². The SMILES string of the molecule is Cc1ncc(C(=O)N2CCCCC2(C)C(=O)O)c(=O)[nH]1. The highest BCUT2D eigenvalue weighted by Gasteiger charge is 2.44. The number of aromatic amines is 1. The van der Waals surface area contributed by atoms with Gasteiger partial charge in [-0.1, -0.05) is 0 Å². The minimum absolute atomic E-state index is 0.120. The number of amides is 1. The first-order valence-electron chi connectivity index (χ1n) is 6.47. The van der Waals surface area contributed by atoms with Crippen LogP contribution in [0.1, 0.15) is 42.4 Å².